The summed E-state index contributed by atoms with van der Waals surface area (Å²) in [5.74, 6) is -0.440. The van der Waals surface area contributed by atoms with Gasteiger partial charge in [0.2, 0.25) is 16.0 Å². The van der Waals surface area contributed by atoms with Crippen molar-refractivity contribution in [2.24, 2.45) is 5.92 Å². The molecule has 1 saturated heterocycles. The van der Waals surface area contributed by atoms with Crippen LogP contribution in [0.1, 0.15) is 53.0 Å². The van der Waals surface area contributed by atoms with Crippen LogP contribution in [0.15, 0.2) is 30.5 Å². The molecule has 1 amide bonds. The average Bonchev–Trinajstić information content (AvgIpc) is 3.46. The third-order valence-electron chi connectivity index (χ3n) is 6.78. The number of hydrogen-bond acceptors (Lipinski definition) is 9. The van der Waals surface area contributed by atoms with E-state index in [1.54, 1.807) is 36.1 Å². The number of benzene rings is 1. The highest BCUT2D eigenvalue weighted by Crippen LogP contribution is 2.29. The van der Waals surface area contributed by atoms with Gasteiger partial charge in [0.25, 0.3) is 0 Å². The zero-order chi connectivity index (χ0) is 30.2. The Morgan fingerprint density at radius 1 is 1.07 bits per heavy atom. The van der Waals surface area contributed by atoms with Crippen LogP contribution in [-0.2, 0) is 21.2 Å². The molecule has 3 rings (SSSR count). The van der Waals surface area contributed by atoms with Crippen molar-refractivity contribution in [3.05, 3.63) is 36.0 Å². The first kappa shape index (κ1) is 31.9. The van der Waals surface area contributed by atoms with Crippen LogP contribution in [0, 0.1) is 5.92 Å². The van der Waals surface area contributed by atoms with Crippen LogP contribution < -0.4 is 19.3 Å². The van der Waals surface area contributed by atoms with E-state index in [-0.39, 0.29) is 36.1 Å². The summed E-state index contributed by atoms with van der Waals surface area (Å²) in [5.41, 5.74) is 0.879. The zero-order valence-electron chi connectivity index (χ0n) is 24.5. The number of aromatic nitrogens is 2. The minimum atomic E-state index is -3.72. The van der Waals surface area contributed by atoms with Crippen LogP contribution in [0.4, 0.5) is 22.2 Å². The first-order valence-corrected chi connectivity index (χ1v) is 15.8. The number of ether oxygens (including phenoxy) is 1. The molecule has 0 unspecified atom stereocenters. The molecule has 2 aromatic rings. The Morgan fingerprint density at radius 3 is 2.24 bits per heavy atom. The number of nitrogens with one attached hydrogen (secondary N) is 1. The molecule has 41 heavy (non-hydrogen) atoms. The molecule has 226 valence electrons. The molecule has 1 fully saturated rings. The molecule has 0 saturated carbocycles. The van der Waals surface area contributed by atoms with Gasteiger partial charge in [0.15, 0.2) is 5.82 Å². The van der Waals surface area contributed by atoms with E-state index in [1.165, 1.54) is 10.5 Å². The normalized spacial score (nSPS) is 14.1. The van der Waals surface area contributed by atoms with E-state index >= 15 is 0 Å². The minimum absolute atomic E-state index is 0.0740. The molecule has 2 heterocycles. The first-order valence-electron chi connectivity index (χ1n) is 14.2. The molecule has 0 aliphatic carbocycles. The minimum Gasteiger partial charge on any atom is -0.480 e. The predicted molar refractivity (Wildman–Crippen MR) is 159 cm³/mol. The topological polar surface area (TPSA) is 145 Å². The maximum absolute atomic E-state index is 13.2. The number of hydrogen-bond donors (Lipinski definition) is 2. The van der Waals surface area contributed by atoms with Gasteiger partial charge in [-0.1, -0.05) is 26.0 Å². The number of carboxylic acid groups (broad SMARTS) is 1. The van der Waals surface area contributed by atoms with E-state index in [0.29, 0.717) is 43.4 Å². The van der Waals surface area contributed by atoms with E-state index in [9.17, 15) is 23.1 Å². The Hall–Kier alpha value is -3.61. The summed E-state index contributed by atoms with van der Waals surface area (Å²) >= 11 is 0. The Balaban J connectivity index is 1.89. The molecule has 1 atom stereocenters. The molecular formula is C28H42N6O6S. The van der Waals surface area contributed by atoms with Gasteiger partial charge in [0.05, 0.1) is 11.9 Å². The molecular weight excluding hydrogens is 548 g/mol. The molecule has 0 spiro atoms. The number of nitrogens with zero attached hydrogens (tertiary/aromatic N) is 5. The molecule has 13 heteroatoms. The van der Waals surface area contributed by atoms with Gasteiger partial charge in [0.1, 0.15) is 17.5 Å². The van der Waals surface area contributed by atoms with Crippen molar-refractivity contribution in [3.8, 4) is 5.75 Å². The van der Waals surface area contributed by atoms with E-state index in [2.05, 4.69) is 15.3 Å². The molecule has 0 radical (unpaired) electrons. The lowest BCUT2D eigenvalue weighted by Gasteiger charge is -2.28. The lowest BCUT2D eigenvalue weighted by atomic mass is 10.1. The third-order valence-corrected chi connectivity index (χ3v) is 8.99. The van der Waals surface area contributed by atoms with Crippen molar-refractivity contribution in [2.75, 3.05) is 53.0 Å². The van der Waals surface area contributed by atoms with Crippen LogP contribution in [0.3, 0.4) is 0 Å². The summed E-state index contributed by atoms with van der Waals surface area (Å²) < 4.78 is 33.1. The summed E-state index contributed by atoms with van der Waals surface area (Å²) in [6.45, 7) is 12.0. The monoisotopic (exact) mass is 590 g/mol. The number of carboxylic acids is 1. The molecule has 1 aromatic heterocycles. The smallest absolute Gasteiger partial charge is 0.415 e. The Kier molecular flexibility index (Phi) is 11.2. The first-order chi connectivity index (χ1) is 19.5. The number of carbonyl (C=O) groups excluding carboxylic acids is 1. The predicted octanol–water partition coefficient (Wildman–Crippen LogP) is 3.84. The van der Waals surface area contributed by atoms with Crippen molar-refractivity contribution < 1.29 is 27.9 Å². The summed E-state index contributed by atoms with van der Waals surface area (Å²) in [6.07, 6.45) is 3.04. The average molecular weight is 591 g/mol. The number of anilines is 3. The number of likely N-dealkylation sites (tertiary alicyclic amines) is 1. The highest BCUT2D eigenvalue weighted by molar-refractivity contribution is 7.92. The summed E-state index contributed by atoms with van der Waals surface area (Å²) in [5, 5.41) is 13.1. The maximum Gasteiger partial charge on any atom is 0.415 e. The fourth-order valence-corrected chi connectivity index (χ4v) is 6.55. The number of sulfonamides is 1. The van der Waals surface area contributed by atoms with Gasteiger partial charge in [-0.2, -0.15) is 4.98 Å². The molecule has 2 N–H and O–H groups in total. The second-order valence-corrected chi connectivity index (χ2v) is 12.3. The fourth-order valence-electron chi connectivity index (χ4n) is 4.70. The second kappa shape index (κ2) is 14.3. The van der Waals surface area contributed by atoms with Crippen molar-refractivity contribution in [2.45, 2.75) is 59.9 Å². The Labute approximate surface area is 242 Å². The molecule has 1 aliphatic heterocycles. The van der Waals surface area contributed by atoms with Gasteiger partial charge >= 0.3 is 12.1 Å². The van der Waals surface area contributed by atoms with Gasteiger partial charge in [0, 0.05) is 39.1 Å². The van der Waals surface area contributed by atoms with Crippen molar-refractivity contribution >= 4 is 39.5 Å². The third kappa shape index (κ3) is 8.44. The van der Waals surface area contributed by atoms with Crippen molar-refractivity contribution in [3.63, 3.8) is 0 Å². The summed E-state index contributed by atoms with van der Waals surface area (Å²) in [7, 11) is -3.72. The highest BCUT2D eigenvalue weighted by Gasteiger charge is 2.29. The fraction of sp³-hybridized carbons (Fsp3) is 0.571. The molecule has 1 aliphatic rings. The van der Waals surface area contributed by atoms with Gasteiger partial charge in [-0.05, 0) is 57.2 Å². The number of carbonyl (C=O) groups is 2. The molecule has 1 aromatic carbocycles. The van der Waals surface area contributed by atoms with Crippen LogP contribution in [0.5, 0.6) is 5.75 Å². The van der Waals surface area contributed by atoms with Gasteiger partial charge in [-0.15, -0.1) is 0 Å². The standard InChI is InChI=1S/C28H42N6O6S/c1-6-32(7-2)27-29-18-24(34(8-3)41(38,39)19-20(4)5)25(31-27)30-23(26(35)36)17-21-11-13-22(14-12-21)40-28(37)33-15-9-10-16-33/h11-14,18,20,23H,6-10,15-17,19H2,1-5H3,(H,35,36)(H,29,30,31)/t23-/m0/s1. The van der Waals surface area contributed by atoms with E-state index in [0.717, 1.165) is 12.8 Å². The van der Waals surface area contributed by atoms with Crippen LogP contribution in [-0.4, -0.2) is 85.0 Å². The lowest BCUT2D eigenvalue weighted by molar-refractivity contribution is -0.137. The molecule has 0 bridgehead atoms. The van der Waals surface area contributed by atoms with E-state index in [1.807, 2.05) is 32.6 Å². The van der Waals surface area contributed by atoms with Crippen LogP contribution in [0.25, 0.3) is 0 Å². The van der Waals surface area contributed by atoms with Crippen LogP contribution >= 0.6 is 0 Å². The lowest BCUT2D eigenvalue weighted by Crippen LogP contribution is -2.37. The van der Waals surface area contributed by atoms with Gasteiger partial charge in [-0.3, -0.25) is 4.31 Å². The quantitative estimate of drug-likeness (QED) is 0.333. The summed E-state index contributed by atoms with van der Waals surface area (Å²) in [6, 6.07) is 5.55. The summed E-state index contributed by atoms with van der Waals surface area (Å²) in [4.78, 5) is 37.2. The van der Waals surface area contributed by atoms with Gasteiger partial charge in [-0.25, -0.2) is 23.0 Å². The van der Waals surface area contributed by atoms with E-state index < -0.39 is 28.1 Å². The second-order valence-electron chi connectivity index (χ2n) is 10.4. The number of amides is 1. The van der Waals surface area contributed by atoms with Crippen LogP contribution in [0.2, 0.25) is 0 Å². The maximum atomic E-state index is 13.2. The molecule has 12 nitrogen and oxygen atoms in total. The zero-order valence-corrected chi connectivity index (χ0v) is 25.4. The largest absolute Gasteiger partial charge is 0.480 e. The number of rotatable bonds is 14. The van der Waals surface area contributed by atoms with Gasteiger partial charge < -0.3 is 25.0 Å². The van der Waals surface area contributed by atoms with Crippen molar-refractivity contribution in [1.29, 1.82) is 0 Å². The van der Waals surface area contributed by atoms with E-state index in [4.69, 9.17) is 4.74 Å². The SMILES string of the molecule is CCN(CC)c1ncc(N(CC)S(=O)(=O)CC(C)C)c(N[C@@H](Cc2ccc(OC(=O)N3CCCC3)cc2)C(=O)O)n1. The Morgan fingerprint density at radius 2 is 1.71 bits per heavy atom. The Bertz CT molecular complexity index is 1280. The number of aliphatic carboxylic acids is 1. The highest BCUT2D eigenvalue weighted by atomic mass is 32.2. The van der Waals surface area contributed by atoms with Crippen molar-refractivity contribution in [1.82, 2.24) is 14.9 Å².